The average molecular weight is 503 g/mol. The van der Waals surface area contributed by atoms with Gasteiger partial charge in [0.2, 0.25) is 5.95 Å². The van der Waals surface area contributed by atoms with E-state index in [1.54, 1.807) is 13.3 Å². The predicted molar refractivity (Wildman–Crippen MR) is 147 cm³/mol. The molecule has 8 nitrogen and oxygen atoms in total. The van der Waals surface area contributed by atoms with Crippen molar-refractivity contribution >= 4 is 23.1 Å². The molecule has 3 aromatic rings. The molecule has 2 N–H and O–H groups in total. The molecule has 1 atom stereocenters. The summed E-state index contributed by atoms with van der Waals surface area (Å²) in [7, 11) is 1.66. The van der Waals surface area contributed by atoms with Crippen LogP contribution in [0.1, 0.15) is 50.3 Å². The molecule has 0 bridgehead atoms. The van der Waals surface area contributed by atoms with Crippen LogP contribution in [0.3, 0.4) is 0 Å². The van der Waals surface area contributed by atoms with Crippen LogP contribution in [0.2, 0.25) is 0 Å². The lowest BCUT2D eigenvalue weighted by molar-refractivity contribution is 0.203. The number of anilines is 4. The van der Waals surface area contributed by atoms with Gasteiger partial charge in [0.05, 0.1) is 25.6 Å². The molecular formula is C29H38N6O2. The van der Waals surface area contributed by atoms with Crippen molar-refractivity contribution in [3.63, 3.8) is 0 Å². The number of ether oxygens (including phenoxy) is 2. The highest BCUT2D eigenvalue weighted by molar-refractivity contribution is 5.62. The highest BCUT2D eigenvalue weighted by Gasteiger charge is 2.17. The number of nitrogens with one attached hydrogen (secondary N) is 2. The maximum atomic E-state index is 6.03. The summed E-state index contributed by atoms with van der Waals surface area (Å²) in [4.78, 5) is 16.2. The maximum Gasteiger partial charge on any atom is 0.229 e. The van der Waals surface area contributed by atoms with Crippen LogP contribution in [0.15, 0.2) is 42.7 Å². The number of benzene rings is 1. The predicted octanol–water partition coefficient (Wildman–Crippen LogP) is 5.75. The number of rotatable bonds is 10. The summed E-state index contributed by atoms with van der Waals surface area (Å²) in [6.45, 7) is 6.48. The normalized spacial score (nSPS) is 17.6. The molecule has 37 heavy (non-hydrogen) atoms. The van der Waals surface area contributed by atoms with Gasteiger partial charge >= 0.3 is 0 Å². The van der Waals surface area contributed by atoms with E-state index in [-0.39, 0.29) is 0 Å². The molecule has 2 aliphatic rings. The van der Waals surface area contributed by atoms with Crippen LogP contribution in [0, 0.1) is 5.92 Å². The van der Waals surface area contributed by atoms with Gasteiger partial charge in [0.25, 0.3) is 0 Å². The number of nitrogens with zero attached hydrogens (tertiary/aromatic N) is 4. The van der Waals surface area contributed by atoms with Crippen LogP contribution in [0.5, 0.6) is 11.5 Å². The molecule has 1 saturated heterocycles. The molecule has 196 valence electrons. The summed E-state index contributed by atoms with van der Waals surface area (Å²) >= 11 is 0. The third-order valence-corrected chi connectivity index (χ3v) is 7.18. The molecular weight excluding hydrogens is 464 g/mol. The zero-order chi connectivity index (χ0) is 25.5. The van der Waals surface area contributed by atoms with Crippen molar-refractivity contribution in [2.75, 3.05) is 44.0 Å². The second kappa shape index (κ2) is 12.2. The Morgan fingerprint density at radius 2 is 1.89 bits per heavy atom. The van der Waals surface area contributed by atoms with E-state index in [1.807, 2.05) is 30.5 Å². The van der Waals surface area contributed by atoms with E-state index >= 15 is 0 Å². The first-order chi connectivity index (χ1) is 18.2. The number of likely N-dealkylation sites (tertiary alicyclic amines) is 1. The van der Waals surface area contributed by atoms with Gasteiger partial charge in [0, 0.05) is 30.2 Å². The number of aromatic nitrogens is 3. The van der Waals surface area contributed by atoms with Crippen LogP contribution in [0.25, 0.3) is 0 Å². The Balaban J connectivity index is 1.17. The Bertz CT molecular complexity index is 1180. The minimum atomic E-state index is 0.502. The largest absolute Gasteiger partial charge is 0.493 e. The molecule has 0 spiro atoms. The Labute approximate surface area is 219 Å². The summed E-state index contributed by atoms with van der Waals surface area (Å²) in [6, 6.07) is 9.86. The van der Waals surface area contributed by atoms with Crippen molar-refractivity contribution in [1.82, 2.24) is 19.9 Å². The lowest BCUT2D eigenvalue weighted by Gasteiger charge is -2.26. The monoisotopic (exact) mass is 502 g/mol. The Morgan fingerprint density at radius 3 is 2.76 bits per heavy atom. The molecule has 1 aromatic carbocycles. The first-order valence-corrected chi connectivity index (χ1v) is 13.5. The van der Waals surface area contributed by atoms with E-state index in [9.17, 15) is 0 Å². The van der Waals surface area contributed by atoms with Crippen LogP contribution in [0.4, 0.5) is 23.1 Å². The fraction of sp³-hybridized carbons (Fsp3) is 0.483. The second-order valence-corrected chi connectivity index (χ2v) is 10.2. The van der Waals surface area contributed by atoms with Gasteiger partial charge < -0.3 is 25.0 Å². The molecule has 8 heteroatoms. The summed E-state index contributed by atoms with van der Waals surface area (Å²) in [5, 5.41) is 6.65. The SMILES string of the molecule is COc1cc(Nc2nccc(Nc3cnc4c(c3)CCC(C)C4)n2)ccc1OCCCN1CCCCC1. The van der Waals surface area contributed by atoms with Crippen molar-refractivity contribution in [1.29, 1.82) is 0 Å². The fourth-order valence-electron chi connectivity index (χ4n) is 5.12. The number of methoxy groups -OCH3 is 1. The van der Waals surface area contributed by atoms with Crippen molar-refractivity contribution in [3.8, 4) is 11.5 Å². The number of piperidine rings is 1. The van der Waals surface area contributed by atoms with Gasteiger partial charge in [-0.2, -0.15) is 4.98 Å². The minimum absolute atomic E-state index is 0.502. The Kier molecular flexibility index (Phi) is 8.35. The molecule has 2 aromatic heterocycles. The van der Waals surface area contributed by atoms with Gasteiger partial charge in [-0.05, 0) is 87.4 Å². The van der Waals surface area contributed by atoms with Crippen LogP contribution >= 0.6 is 0 Å². The zero-order valence-electron chi connectivity index (χ0n) is 22.0. The molecule has 1 fully saturated rings. The molecule has 0 radical (unpaired) electrons. The number of pyridine rings is 1. The first-order valence-electron chi connectivity index (χ1n) is 13.5. The summed E-state index contributed by atoms with van der Waals surface area (Å²) < 4.78 is 11.6. The molecule has 1 unspecified atom stereocenters. The van der Waals surface area contributed by atoms with Gasteiger partial charge in [0.1, 0.15) is 5.82 Å². The molecule has 1 aliphatic carbocycles. The van der Waals surface area contributed by atoms with Crippen molar-refractivity contribution in [3.05, 3.63) is 54.0 Å². The Morgan fingerprint density at radius 1 is 1.00 bits per heavy atom. The smallest absolute Gasteiger partial charge is 0.229 e. The van der Waals surface area contributed by atoms with Crippen LogP contribution in [-0.4, -0.2) is 53.2 Å². The highest BCUT2D eigenvalue weighted by Crippen LogP contribution is 2.32. The molecule has 1 aliphatic heterocycles. The zero-order valence-corrected chi connectivity index (χ0v) is 22.0. The molecule has 3 heterocycles. The van der Waals surface area contributed by atoms with Crippen LogP contribution in [-0.2, 0) is 12.8 Å². The minimum Gasteiger partial charge on any atom is -0.493 e. The number of hydrogen-bond donors (Lipinski definition) is 2. The van der Waals surface area contributed by atoms with Gasteiger partial charge in [-0.25, -0.2) is 4.98 Å². The average Bonchev–Trinajstić information content (AvgIpc) is 2.92. The van der Waals surface area contributed by atoms with Crippen molar-refractivity contribution in [2.45, 2.75) is 51.9 Å². The van der Waals surface area contributed by atoms with E-state index in [0.717, 1.165) is 42.9 Å². The Hall–Kier alpha value is -3.39. The molecule has 0 amide bonds. The highest BCUT2D eigenvalue weighted by atomic mass is 16.5. The molecule has 0 saturated carbocycles. The quantitative estimate of drug-likeness (QED) is 0.339. The summed E-state index contributed by atoms with van der Waals surface area (Å²) in [6.07, 6.45) is 12.0. The standard InChI is InChI=1S/C29H38N6O2/c1-21-7-8-22-18-24(20-31-25(22)17-21)32-28-11-12-30-29(34-28)33-23-9-10-26(27(19-23)36-2)37-16-6-15-35-13-4-3-5-14-35/h9-12,18-21H,3-8,13-17H2,1-2H3,(H2,30,32,33,34). The van der Waals surface area contributed by atoms with E-state index in [2.05, 4.69) is 43.5 Å². The fourth-order valence-corrected chi connectivity index (χ4v) is 5.12. The van der Waals surface area contributed by atoms with E-state index in [0.29, 0.717) is 30.0 Å². The van der Waals surface area contributed by atoms with E-state index in [1.165, 1.54) is 50.0 Å². The number of aryl methyl sites for hydroxylation is 1. The third-order valence-electron chi connectivity index (χ3n) is 7.18. The van der Waals surface area contributed by atoms with Crippen molar-refractivity contribution < 1.29 is 9.47 Å². The second-order valence-electron chi connectivity index (χ2n) is 10.2. The lowest BCUT2D eigenvalue weighted by atomic mass is 9.88. The summed E-state index contributed by atoms with van der Waals surface area (Å²) in [5.74, 6) is 3.35. The van der Waals surface area contributed by atoms with Gasteiger partial charge in [-0.15, -0.1) is 0 Å². The van der Waals surface area contributed by atoms with Crippen molar-refractivity contribution in [2.24, 2.45) is 5.92 Å². The third kappa shape index (κ3) is 6.89. The molecule has 5 rings (SSSR count). The first kappa shape index (κ1) is 25.3. The number of fused-ring (bicyclic) bond motifs is 1. The number of hydrogen-bond acceptors (Lipinski definition) is 8. The van der Waals surface area contributed by atoms with Gasteiger partial charge in [-0.3, -0.25) is 4.98 Å². The topological polar surface area (TPSA) is 84.4 Å². The van der Waals surface area contributed by atoms with E-state index < -0.39 is 0 Å². The summed E-state index contributed by atoms with van der Waals surface area (Å²) in [5.41, 5.74) is 4.33. The lowest BCUT2D eigenvalue weighted by Crippen LogP contribution is -2.31. The van der Waals surface area contributed by atoms with Gasteiger partial charge in [-0.1, -0.05) is 13.3 Å². The van der Waals surface area contributed by atoms with Gasteiger partial charge in [0.15, 0.2) is 11.5 Å². The maximum absolute atomic E-state index is 6.03. The van der Waals surface area contributed by atoms with Crippen LogP contribution < -0.4 is 20.1 Å². The van der Waals surface area contributed by atoms with E-state index in [4.69, 9.17) is 9.47 Å².